The Balaban J connectivity index is 2.72. The van der Waals surface area contributed by atoms with Crippen molar-refractivity contribution < 1.29 is 4.79 Å². The summed E-state index contributed by atoms with van der Waals surface area (Å²) in [5.74, 6) is 0.207. The average Bonchev–Trinajstić information content (AvgIpc) is 2.23. The highest BCUT2D eigenvalue weighted by molar-refractivity contribution is 9.10. The smallest absolute Gasteiger partial charge is 0.146 e. The molecule has 88 valence electrons. The zero-order valence-electron chi connectivity index (χ0n) is 8.97. The molecule has 0 fully saturated rings. The number of hydrogen-bond acceptors (Lipinski definition) is 1. The molecule has 1 aromatic rings. The van der Waals surface area contributed by atoms with Gasteiger partial charge in [0, 0.05) is 16.5 Å². The van der Waals surface area contributed by atoms with Gasteiger partial charge in [0.05, 0.1) is 4.83 Å². The van der Waals surface area contributed by atoms with Crippen LogP contribution in [0.15, 0.2) is 18.2 Å². The van der Waals surface area contributed by atoms with Gasteiger partial charge in [-0.2, -0.15) is 0 Å². The van der Waals surface area contributed by atoms with Gasteiger partial charge in [-0.1, -0.05) is 46.1 Å². The van der Waals surface area contributed by atoms with E-state index in [1.54, 1.807) is 18.2 Å². The molecule has 0 saturated heterocycles. The molecule has 1 atom stereocenters. The van der Waals surface area contributed by atoms with Crippen LogP contribution in [0.5, 0.6) is 0 Å². The maximum absolute atomic E-state index is 11.6. The Morgan fingerprint density at radius 3 is 2.75 bits per heavy atom. The second-order valence-corrected chi connectivity index (χ2v) is 5.57. The van der Waals surface area contributed by atoms with E-state index in [9.17, 15) is 4.79 Å². The zero-order valence-corrected chi connectivity index (χ0v) is 12.1. The minimum absolute atomic E-state index is 0.177. The number of rotatable bonds is 5. The molecular formula is C12H13BrCl2O. The molecule has 1 unspecified atom stereocenters. The molecule has 0 aliphatic rings. The first-order valence-corrected chi connectivity index (χ1v) is 6.82. The van der Waals surface area contributed by atoms with Crippen molar-refractivity contribution in [3.63, 3.8) is 0 Å². The van der Waals surface area contributed by atoms with Crippen LogP contribution in [0.4, 0.5) is 0 Å². The summed E-state index contributed by atoms with van der Waals surface area (Å²) in [5.41, 5.74) is 0.903. The lowest BCUT2D eigenvalue weighted by Gasteiger charge is -2.10. The van der Waals surface area contributed by atoms with Crippen LogP contribution in [0.3, 0.4) is 0 Å². The topological polar surface area (TPSA) is 17.1 Å². The standard InChI is InChI=1S/C12H13BrCl2O/c1-2-3-12(16)10(13)7-8-6-9(14)4-5-11(8)15/h4-6,10H,2-3,7H2,1H3. The molecule has 4 heteroatoms. The van der Waals surface area contributed by atoms with Gasteiger partial charge in [0.2, 0.25) is 0 Å². The number of alkyl halides is 1. The predicted octanol–water partition coefficient (Wildman–Crippen LogP) is 4.67. The summed E-state index contributed by atoms with van der Waals surface area (Å²) in [6.07, 6.45) is 2.04. The van der Waals surface area contributed by atoms with Gasteiger partial charge in [0.25, 0.3) is 0 Å². The lowest BCUT2D eigenvalue weighted by molar-refractivity contribution is -0.118. The van der Waals surface area contributed by atoms with Gasteiger partial charge in [0.15, 0.2) is 0 Å². The second kappa shape index (κ2) is 6.63. The van der Waals surface area contributed by atoms with Crippen LogP contribution in [0.2, 0.25) is 10.0 Å². The van der Waals surface area contributed by atoms with Gasteiger partial charge in [-0.05, 0) is 36.6 Å². The third kappa shape index (κ3) is 4.08. The van der Waals surface area contributed by atoms with Crippen LogP contribution in [0.1, 0.15) is 25.3 Å². The van der Waals surface area contributed by atoms with Crippen LogP contribution in [0, 0.1) is 0 Å². The predicted molar refractivity (Wildman–Crippen MR) is 72.8 cm³/mol. The quantitative estimate of drug-likeness (QED) is 0.720. The molecule has 1 rings (SSSR count). The van der Waals surface area contributed by atoms with Crippen molar-refractivity contribution in [1.82, 2.24) is 0 Å². The molecule has 0 aliphatic heterocycles. The first kappa shape index (κ1) is 14.0. The van der Waals surface area contributed by atoms with E-state index in [1.807, 2.05) is 6.92 Å². The Bertz CT molecular complexity index is 379. The first-order chi connectivity index (χ1) is 7.54. The molecule has 0 spiro atoms. The minimum atomic E-state index is -0.177. The summed E-state index contributed by atoms with van der Waals surface area (Å²) in [6.45, 7) is 1.99. The van der Waals surface area contributed by atoms with Crippen molar-refractivity contribution in [3.8, 4) is 0 Å². The molecule has 0 aromatic heterocycles. The van der Waals surface area contributed by atoms with Crippen molar-refractivity contribution in [2.45, 2.75) is 31.0 Å². The molecule has 0 amide bonds. The zero-order chi connectivity index (χ0) is 12.1. The number of carbonyl (C=O) groups is 1. The number of benzene rings is 1. The van der Waals surface area contributed by atoms with E-state index < -0.39 is 0 Å². The number of Topliss-reactive ketones (excluding diaryl/α,β-unsaturated/α-hetero) is 1. The lowest BCUT2D eigenvalue weighted by Crippen LogP contribution is -2.16. The third-order valence-corrected chi connectivity index (χ3v) is 3.69. The van der Waals surface area contributed by atoms with E-state index >= 15 is 0 Å². The highest BCUT2D eigenvalue weighted by Gasteiger charge is 2.15. The molecule has 0 saturated carbocycles. The lowest BCUT2D eigenvalue weighted by atomic mass is 10.1. The van der Waals surface area contributed by atoms with Gasteiger partial charge in [-0.15, -0.1) is 0 Å². The van der Waals surface area contributed by atoms with Crippen molar-refractivity contribution in [1.29, 1.82) is 0 Å². The van der Waals surface area contributed by atoms with Crippen molar-refractivity contribution in [2.24, 2.45) is 0 Å². The van der Waals surface area contributed by atoms with E-state index in [2.05, 4.69) is 15.9 Å². The van der Waals surface area contributed by atoms with Crippen molar-refractivity contribution in [2.75, 3.05) is 0 Å². The maximum atomic E-state index is 11.6. The van der Waals surface area contributed by atoms with E-state index in [0.29, 0.717) is 22.9 Å². The van der Waals surface area contributed by atoms with Crippen LogP contribution in [-0.2, 0) is 11.2 Å². The van der Waals surface area contributed by atoms with Gasteiger partial charge in [0.1, 0.15) is 5.78 Å². The second-order valence-electron chi connectivity index (χ2n) is 3.62. The number of carbonyl (C=O) groups excluding carboxylic acids is 1. The molecule has 1 nitrogen and oxygen atoms in total. The number of ketones is 1. The molecule has 0 radical (unpaired) electrons. The fourth-order valence-corrected chi connectivity index (χ4v) is 2.38. The van der Waals surface area contributed by atoms with E-state index in [0.717, 1.165) is 12.0 Å². The monoisotopic (exact) mass is 322 g/mol. The molecule has 1 aromatic carbocycles. The summed E-state index contributed by atoms with van der Waals surface area (Å²) < 4.78 is 0. The third-order valence-electron chi connectivity index (χ3n) is 2.25. The normalized spacial score (nSPS) is 12.5. The average molecular weight is 324 g/mol. The van der Waals surface area contributed by atoms with Crippen LogP contribution in [0.25, 0.3) is 0 Å². The molecular weight excluding hydrogens is 311 g/mol. The Morgan fingerprint density at radius 2 is 2.12 bits per heavy atom. The minimum Gasteiger partial charge on any atom is -0.298 e. The van der Waals surface area contributed by atoms with Crippen LogP contribution in [-0.4, -0.2) is 10.6 Å². The summed E-state index contributed by atoms with van der Waals surface area (Å²) in [5, 5.41) is 1.29. The maximum Gasteiger partial charge on any atom is 0.146 e. The molecule has 0 heterocycles. The molecule has 0 N–H and O–H groups in total. The summed E-state index contributed by atoms with van der Waals surface area (Å²) in [6, 6.07) is 5.30. The Morgan fingerprint density at radius 1 is 1.44 bits per heavy atom. The van der Waals surface area contributed by atoms with Gasteiger partial charge in [-0.25, -0.2) is 0 Å². The molecule has 0 bridgehead atoms. The Hall–Kier alpha value is -0.0500. The van der Waals surface area contributed by atoms with Gasteiger partial charge in [-0.3, -0.25) is 4.79 Å². The highest BCUT2D eigenvalue weighted by atomic mass is 79.9. The number of halogens is 3. The SMILES string of the molecule is CCCC(=O)C(Br)Cc1cc(Cl)ccc1Cl. The number of hydrogen-bond donors (Lipinski definition) is 0. The highest BCUT2D eigenvalue weighted by Crippen LogP contribution is 2.24. The molecule has 16 heavy (non-hydrogen) atoms. The van der Waals surface area contributed by atoms with E-state index in [4.69, 9.17) is 23.2 Å². The van der Waals surface area contributed by atoms with E-state index in [-0.39, 0.29) is 10.6 Å². The van der Waals surface area contributed by atoms with Crippen molar-refractivity contribution >= 4 is 44.9 Å². The Kier molecular flexibility index (Phi) is 5.81. The Labute approximate surface area is 114 Å². The van der Waals surface area contributed by atoms with Crippen molar-refractivity contribution in [3.05, 3.63) is 33.8 Å². The largest absolute Gasteiger partial charge is 0.298 e. The van der Waals surface area contributed by atoms with Crippen LogP contribution < -0.4 is 0 Å². The fraction of sp³-hybridized carbons (Fsp3) is 0.417. The van der Waals surface area contributed by atoms with Crippen LogP contribution >= 0.6 is 39.1 Å². The fourth-order valence-electron chi connectivity index (χ4n) is 1.41. The molecule has 0 aliphatic carbocycles. The summed E-state index contributed by atoms with van der Waals surface area (Å²) in [4.78, 5) is 11.4. The van der Waals surface area contributed by atoms with Gasteiger partial charge >= 0.3 is 0 Å². The first-order valence-electron chi connectivity index (χ1n) is 5.15. The van der Waals surface area contributed by atoms with E-state index in [1.165, 1.54) is 0 Å². The van der Waals surface area contributed by atoms with Gasteiger partial charge < -0.3 is 0 Å². The summed E-state index contributed by atoms with van der Waals surface area (Å²) in [7, 11) is 0. The summed E-state index contributed by atoms with van der Waals surface area (Å²) >= 11 is 15.3.